The average molecular weight is 367 g/mol. The monoisotopic (exact) mass is 367 g/mol. The molecule has 27 heavy (non-hydrogen) atoms. The minimum atomic E-state index is -0.299. The van der Waals surface area contributed by atoms with Gasteiger partial charge in [0, 0.05) is 31.4 Å². The smallest absolute Gasteiger partial charge is 0.270 e. The van der Waals surface area contributed by atoms with Gasteiger partial charge in [-0.2, -0.15) is 0 Å². The van der Waals surface area contributed by atoms with Gasteiger partial charge in [0.15, 0.2) is 0 Å². The van der Waals surface area contributed by atoms with Crippen LogP contribution in [0, 0.1) is 5.92 Å². The highest BCUT2D eigenvalue weighted by Gasteiger charge is 2.22. The van der Waals surface area contributed by atoms with E-state index in [1.54, 1.807) is 19.2 Å². The number of carbonyl (C=O) groups is 2. The molecule has 142 valence electrons. The SMILES string of the molecule is COc1ccc(CNC(=O)c2cc(C(=O)N3CCCC(C)C3)ccn2)cc1. The van der Waals surface area contributed by atoms with Crippen LogP contribution in [0.5, 0.6) is 5.75 Å². The number of pyridine rings is 1. The van der Waals surface area contributed by atoms with Crippen LogP contribution in [-0.4, -0.2) is 41.9 Å². The molecule has 1 N–H and O–H groups in total. The van der Waals surface area contributed by atoms with E-state index in [2.05, 4.69) is 17.2 Å². The van der Waals surface area contributed by atoms with E-state index in [4.69, 9.17) is 4.74 Å². The average Bonchev–Trinajstić information content (AvgIpc) is 2.72. The Kier molecular flexibility index (Phi) is 6.06. The van der Waals surface area contributed by atoms with Crippen molar-refractivity contribution in [3.8, 4) is 5.75 Å². The molecular weight excluding hydrogens is 342 g/mol. The van der Waals surface area contributed by atoms with Gasteiger partial charge in [-0.1, -0.05) is 19.1 Å². The number of hydrogen-bond acceptors (Lipinski definition) is 4. The number of methoxy groups -OCH3 is 1. The lowest BCUT2D eigenvalue weighted by Crippen LogP contribution is -2.39. The van der Waals surface area contributed by atoms with Crippen LogP contribution in [0.25, 0.3) is 0 Å². The van der Waals surface area contributed by atoms with E-state index < -0.39 is 0 Å². The molecule has 6 nitrogen and oxygen atoms in total. The zero-order valence-corrected chi connectivity index (χ0v) is 15.8. The Morgan fingerprint density at radius 2 is 2.04 bits per heavy atom. The Morgan fingerprint density at radius 3 is 2.74 bits per heavy atom. The van der Waals surface area contributed by atoms with Crippen molar-refractivity contribution in [2.45, 2.75) is 26.3 Å². The lowest BCUT2D eigenvalue weighted by molar-refractivity contribution is 0.0683. The molecule has 0 aliphatic carbocycles. The Balaban J connectivity index is 1.63. The Bertz CT molecular complexity index is 805. The summed E-state index contributed by atoms with van der Waals surface area (Å²) in [6, 6.07) is 10.7. The summed E-state index contributed by atoms with van der Waals surface area (Å²) in [6.07, 6.45) is 3.69. The number of amides is 2. The standard InChI is InChI=1S/C21H25N3O3/c1-15-4-3-11-24(14-15)21(26)17-9-10-22-19(12-17)20(25)23-13-16-5-7-18(27-2)8-6-16/h5-10,12,15H,3-4,11,13-14H2,1-2H3,(H,23,25). The minimum Gasteiger partial charge on any atom is -0.497 e. The number of hydrogen-bond donors (Lipinski definition) is 1. The Hall–Kier alpha value is -2.89. The van der Waals surface area contributed by atoms with E-state index in [9.17, 15) is 9.59 Å². The van der Waals surface area contributed by atoms with Gasteiger partial charge < -0.3 is 15.0 Å². The summed E-state index contributed by atoms with van der Waals surface area (Å²) < 4.78 is 5.12. The van der Waals surface area contributed by atoms with Crippen molar-refractivity contribution in [3.63, 3.8) is 0 Å². The fraction of sp³-hybridized carbons (Fsp3) is 0.381. The summed E-state index contributed by atoms with van der Waals surface area (Å²) in [5, 5.41) is 2.84. The van der Waals surface area contributed by atoms with Crippen LogP contribution >= 0.6 is 0 Å². The largest absolute Gasteiger partial charge is 0.497 e. The number of likely N-dealkylation sites (tertiary alicyclic amines) is 1. The fourth-order valence-electron chi connectivity index (χ4n) is 3.26. The van der Waals surface area contributed by atoms with Crippen molar-refractivity contribution >= 4 is 11.8 Å². The first-order valence-electron chi connectivity index (χ1n) is 9.23. The number of nitrogens with one attached hydrogen (secondary N) is 1. The third-order valence-corrected chi connectivity index (χ3v) is 4.80. The first-order valence-corrected chi connectivity index (χ1v) is 9.23. The lowest BCUT2D eigenvalue weighted by Gasteiger charge is -2.31. The maximum atomic E-state index is 12.7. The van der Waals surface area contributed by atoms with Crippen molar-refractivity contribution in [1.82, 2.24) is 15.2 Å². The molecule has 3 rings (SSSR count). The molecule has 1 aromatic carbocycles. The summed E-state index contributed by atoms with van der Waals surface area (Å²) in [5.74, 6) is 0.947. The summed E-state index contributed by atoms with van der Waals surface area (Å²) in [5.41, 5.74) is 1.71. The van der Waals surface area contributed by atoms with E-state index in [0.717, 1.165) is 37.2 Å². The third kappa shape index (κ3) is 4.84. The maximum Gasteiger partial charge on any atom is 0.270 e. The molecule has 6 heteroatoms. The zero-order valence-electron chi connectivity index (χ0n) is 15.8. The normalized spacial score (nSPS) is 16.7. The highest BCUT2D eigenvalue weighted by atomic mass is 16.5. The third-order valence-electron chi connectivity index (χ3n) is 4.80. The number of piperidine rings is 1. The zero-order chi connectivity index (χ0) is 19.2. The van der Waals surface area contributed by atoms with Crippen LogP contribution in [0.2, 0.25) is 0 Å². The number of benzene rings is 1. The van der Waals surface area contributed by atoms with Crippen LogP contribution in [0.1, 0.15) is 46.2 Å². The van der Waals surface area contributed by atoms with E-state index in [0.29, 0.717) is 18.0 Å². The first-order chi connectivity index (χ1) is 13.1. The van der Waals surface area contributed by atoms with Gasteiger partial charge in [-0.05, 0) is 48.6 Å². The molecule has 1 aliphatic rings. The van der Waals surface area contributed by atoms with Crippen molar-refractivity contribution in [3.05, 3.63) is 59.4 Å². The van der Waals surface area contributed by atoms with Gasteiger partial charge >= 0.3 is 0 Å². The van der Waals surface area contributed by atoms with Gasteiger partial charge in [-0.25, -0.2) is 0 Å². The Labute approximate surface area is 159 Å². The number of carbonyl (C=O) groups excluding carboxylic acids is 2. The highest BCUT2D eigenvalue weighted by Crippen LogP contribution is 2.18. The van der Waals surface area contributed by atoms with Crippen molar-refractivity contribution in [2.75, 3.05) is 20.2 Å². The Morgan fingerprint density at radius 1 is 1.26 bits per heavy atom. The molecule has 0 spiro atoms. The minimum absolute atomic E-state index is 0.0341. The quantitative estimate of drug-likeness (QED) is 0.882. The van der Waals surface area contributed by atoms with E-state index in [1.807, 2.05) is 29.2 Å². The number of nitrogens with zero attached hydrogens (tertiary/aromatic N) is 2. The topological polar surface area (TPSA) is 71.5 Å². The molecule has 1 saturated heterocycles. The van der Waals surface area contributed by atoms with E-state index in [-0.39, 0.29) is 17.5 Å². The highest BCUT2D eigenvalue weighted by molar-refractivity contribution is 5.98. The van der Waals surface area contributed by atoms with Gasteiger partial charge in [0.2, 0.25) is 0 Å². The summed E-state index contributed by atoms with van der Waals surface area (Å²) in [6.45, 7) is 4.07. The molecule has 1 atom stereocenters. The number of ether oxygens (including phenoxy) is 1. The first kappa shape index (κ1) is 18.9. The van der Waals surface area contributed by atoms with Crippen LogP contribution < -0.4 is 10.1 Å². The predicted molar refractivity (Wildman–Crippen MR) is 103 cm³/mol. The second-order valence-corrected chi connectivity index (χ2v) is 6.96. The second kappa shape index (κ2) is 8.66. The molecule has 0 radical (unpaired) electrons. The van der Waals surface area contributed by atoms with Crippen LogP contribution in [0.3, 0.4) is 0 Å². The number of aromatic nitrogens is 1. The predicted octanol–water partition coefficient (Wildman–Crippen LogP) is 2.89. The second-order valence-electron chi connectivity index (χ2n) is 6.96. The van der Waals surface area contributed by atoms with Gasteiger partial charge in [0.1, 0.15) is 11.4 Å². The van der Waals surface area contributed by atoms with Crippen LogP contribution in [-0.2, 0) is 6.54 Å². The van der Waals surface area contributed by atoms with Crippen LogP contribution in [0.15, 0.2) is 42.6 Å². The van der Waals surface area contributed by atoms with Crippen LogP contribution in [0.4, 0.5) is 0 Å². The molecular formula is C21H25N3O3. The van der Waals surface area contributed by atoms with E-state index in [1.165, 1.54) is 6.20 Å². The molecule has 1 aliphatic heterocycles. The van der Waals surface area contributed by atoms with E-state index >= 15 is 0 Å². The molecule has 2 heterocycles. The lowest BCUT2D eigenvalue weighted by atomic mass is 9.99. The molecule has 1 fully saturated rings. The van der Waals surface area contributed by atoms with Gasteiger partial charge in [0.05, 0.1) is 7.11 Å². The van der Waals surface area contributed by atoms with Crippen molar-refractivity contribution < 1.29 is 14.3 Å². The molecule has 0 bridgehead atoms. The molecule has 2 amide bonds. The van der Waals surface area contributed by atoms with Crippen molar-refractivity contribution in [2.24, 2.45) is 5.92 Å². The molecule has 0 saturated carbocycles. The maximum absolute atomic E-state index is 12.7. The molecule has 1 aromatic heterocycles. The summed E-state index contributed by atoms with van der Waals surface area (Å²) in [7, 11) is 1.61. The van der Waals surface area contributed by atoms with Gasteiger partial charge in [-0.15, -0.1) is 0 Å². The van der Waals surface area contributed by atoms with Crippen molar-refractivity contribution in [1.29, 1.82) is 0 Å². The molecule has 1 unspecified atom stereocenters. The summed E-state index contributed by atoms with van der Waals surface area (Å²) >= 11 is 0. The van der Waals surface area contributed by atoms with Gasteiger partial charge in [-0.3, -0.25) is 14.6 Å². The molecule has 2 aromatic rings. The fourth-order valence-corrected chi connectivity index (χ4v) is 3.26. The summed E-state index contributed by atoms with van der Waals surface area (Å²) in [4.78, 5) is 31.1. The van der Waals surface area contributed by atoms with Gasteiger partial charge in [0.25, 0.3) is 11.8 Å². The number of rotatable bonds is 5.